The van der Waals surface area contributed by atoms with Gasteiger partial charge in [-0.3, -0.25) is 0 Å². The van der Waals surface area contributed by atoms with Crippen molar-refractivity contribution in [3.05, 3.63) is 175 Å². The molecule has 1 aliphatic carbocycles. The molecular formula is C46H30N2O. The summed E-state index contributed by atoms with van der Waals surface area (Å²) in [6.07, 6.45) is 8.69. The van der Waals surface area contributed by atoms with E-state index >= 15 is 0 Å². The number of benzene rings is 7. The standard InChI is InChI=1S/C46H30N2O/c1-2-10-31-25-32(18-17-29(31)9-1)30-19-21-33(22-20-30)47-41-14-6-3-11-35(41)39-27-40-36-12-4-7-15-42(36)48(44(40)28-43(39)47)34-23-24-38-37-13-5-8-16-45(37)49-46(38)26-34/h1-28,37,45H. The summed E-state index contributed by atoms with van der Waals surface area (Å²) in [5.74, 6) is 1.24. The number of allylic oxidation sites excluding steroid dienone is 2. The third-order valence-corrected chi connectivity index (χ3v) is 10.6. The Morgan fingerprint density at radius 1 is 0.429 bits per heavy atom. The van der Waals surface area contributed by atoms with Gasteiger partial charge in [0.15, 0.2) is 0 Å². The molecule has 49 heavy (non-hydrogen) atoms. The van der Waals surface area contributed by atoms with Crippen molar-refractivity contribution >= 4 is 54.4 Å². The van der Waals surface area contributed by atoms with Crippen LogP contribution in [0.3, 0.4) is 0 Å². The van der Waals surface area contributed by atoms with Gasteiger partial charge in [0.2, 0.25) is 0 Å². The maximum Gasteiger partial charge on any atom is 0.128 e. The lowest BCUT2D eigenvalue weighted by atomic mass is 9.92. The Kier molecular flexibility index (Phi) is 5.50. The second-order valence-electron chi connectivity index (χ2n) is 13.3. The Hall–Kier alpha value is -6.32. The highest BCUT2D eigenvalue weighted by atomic mass is 16.5. The summed E-state index contributed by atoms with van der Waals surface area (Å²) in [5, 5.41) is 7.52. The Morgan fingerprint density at radius 3 is 1.84 bits per heavy atom. The topological polar surface area (TPSA) is 19.1 Å². The van der Waals surface area contributed by atoms with Crippen LogP contribution in [0.15, 0.2) is 170 Å². The molecule has 0 N–H and O–H groups in total. The fraction of sp³-hybridized carbons (Fsp3) is 0.0435. The lowest BCUT2D eigenvalue weighted by Crippen LogP contribution is -2.15. The number of ether oxygens (including phenoxy) is 1. The minimum Gasteiger partial charge on any atom is -0.485 e. The van der Waals surface area contributed by atoms with E-state index in [1.54, 1.807) is 0 Å². The van der Waals surface area contributed by atoms with E-state index in [9.17, 15) is 0 Å². The first-order valence-electron chi connectivity index (χ1n) is 17.0. The van der Waals surface area contributed by atoms with Gasteiger partial charge in [0.1, 0.15) is 11.9 Å². The molecule has 0 saturated carbocycles. The highest BCUT2D eigenvalue weighted by Crippen LogP contribution is 2.44. The summed E-state index contributed by atoms with van der Waals surface area (Å²) < 4.78 is 11.3. The second kappa shape index (κ2) is 10.1. The SMILES string of the molecule is C1=CC2Oc3cc(-n4c5ccccc5c5cc6c7ccccc7n(-c7ccc(-c8ccc9ccccc9c8)cc7)c6cc54)ccc3C2C=C1. The average molecular weight is 627 g/mol. The molecule has 0 saturated heterocycles. The molecule has 2 atom stereocenters. The van der Waals surface area contributed by atoms with Gasteiger partial charge in [0.05, 0.1) is 22.1 Å². The van der Waals surface area contributed by atoms with Crippen molar-refractivity contribution in [1.82, 2.24) is 9.13 Å². The highest BCUT2D eigenvalue weighted by Gasteiger charge is 2.32. The molecule has 0 fully saturated rings. The van der Waals surface area contributed by atoms with Gasteiger partial charge in [-0.2, -0.15) is 0 Å². The first-order chi connectivity index (χ1) is 24.3. The Balaban J connectivity index is 1.12. The molecule has 230 valence electrons. The molecule has 0 spiro atoms. The van der Waals surface area contributed by atoms with E-state index in [0.717, 1.165) is 17.1 Å². The van der Waals surface area contributed by atoms with Crippen LogP contribution < -0.4 is 4.74 Å². The van der Waals surface area contributed by atoms with Gasteiger partial charge in [0.25, 0.3) is 0 Å². The van der Waals surface area contributed by atoms with Crippen LogP contribution in [0.2, 0.25) is 0 Å². The molecule has 2 aliphatic rings. The van der Waals surface area contributed by atoms with E-state index in [1.165, 1.54) is 71.1 Å². The van der Waals surface area contributed by atoms with Gasteiger partial charge in [-0.1, -0.05) is 109 Å². The molecule has 0 amide bonds. The van der Waals surface area contributed by atoms with Crippen molar-refractivity contribution in [3.8, 4) is 28.3 Å². The molecule has 9 aromatic rings. The predicted molar refractivity (Wildman–Crippen MR) is 203 cm³/mol. The van der Waals surface area contributed by atoms with Gasteiger partial charge < -0.3 is 13.9 Å². The van der Waals surface area contributed by atoms with Gasteiger partial charge in [-0.25, -0.2) is 0 Å². The van der Waals surface area contributed by atoms with Crippen molar-refractivity contribution in [2.75, 3.05) is 0 Å². The zero-order chi connectivity index (χ0) is 32.1. The highest BCUT2D eigenvalue weighted by molar-refractivity contribution is 6.19. The van der Waals surface area contributed by atoms with E-state index in [2.05, 4.69) is 179 Å². The van der Waals surface area contributed by atoms with E-state index < -0.39 is 0 Å². The number of nitrogens with zero attached hydrogens (tertiary/aromatic N) is 2. The summed E-state index contributed by atoms with van der Waals surface area (Å²) in [6, 6.07) is 53.4. The molecule has 0 bridgehead atoms. The third-order valence-electron chi connectivity index (χ3n) is 10.6. The Bertz CT molecular complexity index is 2860. The second-order valence-corrected chi connectivity index (χ2v) is 13.3. The van der Waals surface area contributed by atoms with E-state index in [1.807, 2.05) is 0 Å². The normalized spacial score (nSPS) is 16.6. The molecule has 2 unspecified atom stereocenters. The summed E-state index contributed by atoms with van der Waals surface area (Å²) >= 11 is 0. The Labute approximate surface area is 283 Å². The first-order valence-corrected chi connectivity index (χ1v) is 17.0. The first kappa shape index (κ1) is 26.7. The minimum absolute atomic E-state index is 0.0661. The molecule has 2 aromatic heterocycles. The fourth-order valence-electron chi connectivity index (χ4n) is 8.33. The molecule has 7 aromatic carbocycles. The number of hydrogen-bond donors (Lipinski definition) is 0. The predicted octanol–water partition coefficient (Wildman–Crippen LogP) is 11.7. The molecule has 3 heterocycles. The maximum absolute atomic E-state index is 6.47. The van der Waals surface area contributed by atoms with Crippen LogP contribution in [0.1, 0.15) is 11.5 Å². The van der Waals surface area contributed by atoms with E-state index in [0.29, 0.717) is 0 Å². The lowest BCUT2D eigenvalue weighted by molar-refractivity contribution is 0.269. The van der Waals surface area contributed by atoms with E-state index in [4.69, 9.17) is 4.74 Å². The Morgan fingerprint density at radius 2 is 1.06 bits per heavy atom. The quantitative estimate of drug-likeness (QED) is 0.191. The third kappa shape index (κ3) is 3.90. The zero-order valence-electron chi connectivity index (χ0n) is 26.6. The van der Waals surface area contributed by atoms with Crippen molar-refractivity contribution in [2.45, 2.75) is 12.0 Å². The average Bonchev–Trinajstić information content (AvgIpc) is 3.80. The van der Waals surface area contributed by atoms with Crippen LogP contribution in [0.4, 0.5) is 0 Å². The molecular weight excluding hydrogens is 597 g/mol. The van der Waals surface area contributed by atoms with Gasteiger partial charge in [0, 0.05) is 50.5 Å². The molecule has 3 heteroatoms. The van der Waals surface area contributed by atoms with Crippen LogP contribution in [0.25, 0.3) is 76.9 Å². The monoisotopic (exact) mass is 626 g/mol. The van der Waals surface area contributed by atoms with Crippen molar-refractivity contribution < 1.29 is 4.74 Å². The van der Waals surface area contributed by atoms with Gasteiger partial charge in [-0.15, -0.1) is 0 Å². The van der Waals surface area contributed by atoms with Gasteiger partial charge >= 0.3 is 0 Å². The van der Waals surface area contributed by atoms with Crippen molar-refractivity contribution in [2.24, 2.45) is 0 Å². The summed E-state index contributed by atoms with van der Waals surface area (Å²) in [7, 11) is 0. The van der Waals surface area contributed by atoms with Crippen molar-refractivity contribution in [1.29, 1.82) is 0 Å². The maximum atomic E-state index is 6.47. The summed E-state index contributed by atoms with van der Waals surface area (Å²) in [5.41, 5.74) is 10.7. The number of hydrogen-bond acceptors (Lipinski definition) is 1. The number of para-hydroxylation sites is 2. The fourth-order valence-corrected chi connectivity index (χ4v) is 8.33. The van der Waals surface area contributed by atoms with Crippen LogP contribution >= 0.6 is 0 Å². The zero-order valence-corrected chi connectivity index (χ0v) is 26.6. The van der Waals surface area contributed by atoms with E-state index in [-0.39, 0.29) is 12.0 Å². The van der Waals surface area contributed by atoms with Crippen LogP contribution in [-0.2, 0) is 0 Å². The number of aromatic nitrogens is 2. The largest absolute Gasteiger partial charge is 0.485 e. The summed E-state index contributed by atoms with van der Waals surface area (Å²) in [4.78, 5) is 0. The number of fused-ring (bicyclic) bond motifs is 10. The van der Waals surface area contributed by atoms with Crippen LogP contribution in [-0.4, -0.2) is 15.2 Å². The molecule has 3 nitrogen and oxygen atoms in total. The van der Waals surface area contributed by atoms with Crippen LogP contribution in [0, 0.1) is 0 Å². The molecule has 0 radical (unpaired) electrons. The van der Waals surface area contributed by atoms with Gasteiger partial charge in [-0.05, 0) is 76.5 Å². The lowest BCUT2D eigenvalue weighted by Gasteiger charge is -2.13. The van der Waals surface area contributed by atoms with Crippen LogP contribution in [0.5, 0.6) is 5.75 Å². The molecule has 11 rings (SSSR count). The summed E-state index contributed by atoms with van der Waals surface area (Å²) in [6.45, 7) is 0. The number of rotatable bonds is 3. The minimum atomic E-state index is 0.0661. The smallest absolute Gasteiger partial charge is 0.128 e. The molecule has 1 aliphatic heterocycles. The van der Waals surface area contributed by atoms with Crippen molar-refractivity contribution in [3.63, 3.8) is 0 Å².